The zero-order valence-corrected chi connectivity index (χ0v) is 7.93. The summed E-state index contributed by atoms with van der Waals surface area (Å²) in [6.45, 7) is -1.76. The topological polar surface area (TPSA) is 61.0 Å². The zero-order valence-electron chi connectivity index (χ0n) is 7.93. The summed E-state index contributed by atoms with van der Waals surface area (Å²) in [5.41, 5.74) is 3.44. The molecule has 0 aromatic carbocycles. The van der Waals surface area contributed by atoms with Crippen LogP contribution in [0.2, 0.25) is 0 Å². The van der Waals surface area contributed by atoms with E-state index in [1.54, 1.807) is 0 Å². The van der Waals surface area contributed by atoms with E-state index in [9.17, 15) is 26.3 Å². The van der Waals surface area contributed by atoms with Crippen LogP contribution in [0.3, 0.4) is 0 Å². The summed E-state index contributed by atoms with van der Waals surface area (Å²) in [6.07, 6.45) is -9.52. The molecule has 0 saturated heterocycles. The van der Waals surface area contributed by atoms with Gasteiger partial charge in [-0.15, -0.1) is 0 Å². The lowest BCUT2D eigenvalue weighted by Gasteiger charge is -2.11. The van der Waals surface area contributed by atoms with Crippen molar-refractivity contribution in [2.75, 3.05) is 12.3 Å². The molecule has 2 N–H and O–H groups in total. The summed E-state index contributed by atoms with van der Waals surface area (Å²) in [7, 11) is 0. The first-order chi connectivity index (χ1) is 7.58. The lowest BCUT2D eigenvalue weighted by Crippen LogP contribution is -2.20. The van der Waals surface area contributed by atoms with E-state index in [0.717, 1.165) is 0 Å². The molecule has 1 aromatic rings. The van der Waals surface area contributed by atoms with E-state index in [1.165, 1.54) is 0 Å². The van der Waals surface area contributed by atoms with Gasteiger partial charge in [-0.25, -0.2) is 4.98 Å². The van der Waals surface area contributed by atoms with E-state index in [0.29, 0.717) is 0 Å². The van der Waals surface area contributed by atoms with Gasteiger partial charge in [-0.3, -0.25) is 0 Å². The molecule has 17 heavy (non-hydrogen) atoms. The Morgan fingerprint density at radius 3 is 2.18 bits per heavy atom. The van der Waals surface area contributed by atoms with Crippen molar-refractivity contribution in [2.45, 2.75) is 12.4 Å². The first-order valence-electron chi connectivity index (χ1n) is 3.99. The Kier molecular flexibility index (Phi) is 3.34. The third kappa shape index (κ3) is 4.33. The summed E-state index contributed by atoms with van der Waals surface area (Å²) in [6, 6.07) is 0.238. The standard InChI is InChI=1S/C7H5F6N3O/c8-6(9,10)2-17-4-1-3(7(11,12)13)15-5(14)16-4/h1H,2H2,(H2,14,15,16). The fourth-order valence-corrected chi connectivity index (χ4v) is 0.818. The van der Waals surface area contributed by atoms with Crippen LogP contribution in [0.1, 0.15) is 5.69 Å². The first-order valence-corrected chi connectivity index (χ1v) is 3.99. The molecule has 10 heteroatoms. The Hall–Kier alpha value is -1.74. The highest BCUT2D eigenvalue weighted by Crippen LogP contribution is 2.30. The average molecular weight is 261 g/mol. The quantitative estimate of drug-likeness (QED) is 0.827. The molecule has 0 unspecified atom stereocenters. The minimum atomic E-state index is -4.84. The van der Waals surface area contributed by atoms with Gasteiger partial charge in [0.15, 0.2) is 12.3 Å². The lowest BCUT2D eigenvalue weighted by atomic mass is 10.4. The van der Waals surface area contributed by atoms with Crippen LogP contribution in [0.25, 0.3) is 0 Å². The molecule has 0 atom stereocenters. The molecule has 0 fully saturated rings. The summed E-state index contributed by atoms with van der Waals surface area (Å²) in [4.78, 5) is 5.92. The van der Waals surface area contributed by atoms with E-state index in [1.807, 2.05) is 0 Å². The SMILES string of the molecule is Nc1nc(OCC(F)(F)F)cc(C(F)(F)F)n1. The highest BCUT2D eigenvalue weighted by atomic mass is 19.4. The average Bonchev–Trinajstić information content (AvgIpc) is 2.11. The van der Waals surface area contributed by atoms with Crippen molar-refractivity contribution in [3.05, 3.63) is 11.8 Å². The van der Waals surface area contributed by atoms with Crippen molar-refractivity contribution in [3.63, 3.8) is 0 Å². The van der Waals surface area contributed by atoms with Crippen molar-refractivity contribution in [2.24, 2.45) is 0 Å². The molecule has 0 radical (unpaired) electrons. The Morgan fingerprint density at radius 1 is 1.12 bits per heavy atom. The highest BCUT2D eigenvalue weighted by molar-refractivity contribution is 5.27. The van der Waals surface area contributed by atoms with Gasteiger partial charge in [0, 0.05) is 6.07 Å². The number of anilines is 1. The van der Waals surface area contributed by atoms with Crippen LogP contribution in [0.15, 0.2) is 6.07 Å². The fraction of sp³-hybridized carbons (Fsp3) is 0.429. The predicted octanol–water partition coefficient (Wildman–Crippen LogP) is 2.02. The molecule has 0 spiro atoms. The van der Waals surface area contributed by atoms with Crippen LogP contribution in [0.5, 0.6) is 5.88 Å². The van der Waals surface area contributed by atoms with Gasteiger partial charge in [0.25, 0.3) is 0 Å². The molecule has 0 bridgehead atoms. The minimum absolute atomic E-state index is 0.238. The third-order valence-corrected chi connectivity index (χ3v) is 1.39. The molecule has 1 rings (SSSR count). The normalized spacial score (nSPS) is 12.6. The largest absolute Gasteiger partial charge is 0.468 e. The number of ether oxygens (including phenoxy) is 1. The number of hydrogen-bond acceptors (Lipinski definition) is 4. The number of aromatic nitrogens is 2. The van der Waals surface area contributed by atoms with E-state index in [2.05, 4.69) is 14.7 Å². The summed E-state index contributed by atoms with van der Waals surface area (Å²) < 4.78 is 75.9. The Labute approximate surface area is 90.4 Å². The molecule has 0 amide bonds. The molecule has 1 heterocycles. The molecule has 0 aliphatic rings. The smallest absolute Gasteiger partial charge is 0.433 e. The predicted molar refractivity (Wildman–Crippen MR) is 43.0 cm³/mol. The lowest BCUT2D eigenvalue weighted by molar-refractivity contribution is -0.154. The second kappa shape index (κ2) is 4.26. The van der Waals surface area contributed by atoms with Gasteiger partial charge in [-0.2, -0.15) is 31.3 Å². The van der Waals surface area contributed by atoms with E-state index in [-0.39, 0.29) is 6.07 Å². The van der Waals surface area contributed by atoms with Crippen LogP contribution < -0.4 is 10.5 Å². The number of hydrogen-bond donors (Lipinski definition) is 1. The molecule has 1 aromatic heterocycles. The number of rotatable bonds is 2. The van der Waals surface area contributed by atoms with Crippen molar-refractivity contribution in [3.8, 4) is 5.88 Å². The van der Waals surface area contributed by atoms with Gasteiger partial charge in [-0.05, 0) is 0 Å². The van der Waals surface area contributed by atoms with Gasteiger partial charge in [-0.1, -0.05) is 0 Å². The van der Waals surface area contributed by atoms with Gasteiger partial charge in [0.05, 0.1) is 0 Å². The number of nitrogens with two attached hydrogens (primary N) is 1. The number of nitrogens with zero attached hydrogens (tertiary/aromatic N) is 2. The maximum Gasteiger partial charge on any atom is 0.433 e. The fourth-order valence-electron chi connectivity index (χ4n) is 0.818. The molecule has 0 saturated carbocycles. The highest BCUT2D eigenvalue weighted by Gasteiger charge is 2.34. The van der Waals surface area contributed by atoms with Crippen LogP contribution in [0, 0.1) is 0 Å². The van der Waals surface area contributed by atoms with Crippen molar-refractivity contribution in [1.82, 2.24) is 9.97 Å². The number of nitrogen functional groups attached to an aromatic ring is 1. The van der Waals surface area contributed by atoms with Gasteiger partial charge in [0.2, 0.25) is 11.8 Å². The minimum Gasteiger partial charge on any atom is -0.468 e. The maximum atomic E-state index is 12.2. The van der Waals surface area contributed by atoms with Crippen molar-refractivity contribution >= 4 is 5.95 Å². The monoisotopic (exact) mass is 261 g/mol. The van der Waals surface area contributed by atoms with Crippen LogP contribution >= 0.6 is 0 Å². The molecule has 0 aliphatic heterocycles. The second-order valence-corrected chi connectivity index (χ2v) is 2.85. The molecule has 0 aliphatic carbocycles. The Morgan fingerprint density at radius 2 is 1.71 bits per heavy atom. The molecular weight excluding hydrogens is 256 g/mol. The first kappa shape index (κ1) is 13.3. The van der Waals surface area contributed by atoms with E-state index < -0.39 is 36.5 Å². The van der Waals surface area contributed by atoms with Crippen LogP contribution in [-0.4, -0.2) is 22.8 Å². The Balaban J connectivity index is 2.91. The molecular formula is C7H5F6N3O. The van der Waals surface area contributed by atoms with Gasteiger partial charge in [0.1, 0.15) is 0 Å². The molecule has 96 valence electrons. The van der Waals surface area contributed by atoms with E-state index >= 15 is 0 Å². The zero-order chi connectivity index (χ0) is 13.3. The third-order valence-electron chi connectivity index (χ3n) is 1.39. The van der Waals surface area contributed by atoms with Gasteiger partial charge >= 0.3 is 12.4 Å². The van der Waals surface area contributed by atoms with Crippen molar-refractivity contribution in [1.29, 1.82) is 0 Å². The summed E-state index contributed by atoms with van der Waals surface area (Å²) >= 11 is 0. The second-order valence-electron chi connectivity index (χ2n) is 2.85. The van der Waals surface area contributed by atoms with Crippen LogP contribution in [-0.2, 0) is 6.18 Å². The van der Waals surface area contributed by atoms with Crippen LogP contribution in [0.4, 0.5) is 32.3 Å². The summed E-state index contributed by atoms with van der Waals surface area (Å²) in [5.74, 6) is -1.71. The Bertz CT molecular complexity index is 402. The molecule has 4 nitrogen and oxygen atoms in total. The van der Waals surface area contributed by atoms with E-state index in [4.69, 9.17) is 5.73 Å². The number of alkyl halides is 6. The van der Waals surface area contributed by atoms with Gasteiger partial charge < -0.3 is 10.5 Å². The maximum absolute atomic E-state index is 12.2. The summed E-state index contributed by atoms with van der Waals surface area (Å²) in [5, 5.41) is 0. The number of halogens is 6. The van der Waals surface area contributed by atoms with Crippen molar-refractivity contribution < 1.29 is 31.1 Å².